The Balaban J connectivity index is 1.08. The van der Waals surface area contributed by atoms with E-state index in [4.69, 9.17) is 21.1 Å². The van der Waals surface area contributed by atoms with Gasteiger partial charge in [-0.15, -0.1) is 11.3 Å². The van der Waals surface area contributed by atoms with Crippen molar-refractivity contribution < 1.29 is 41.8 Å². The largest absolute Gasteiger partial charge is 0.465 e. The van der Waals surface area contributed by atoms with Crippen LogP contribution in [0.15, 0.2) is 83.2 Å². The van der Waals surface area contributed by atoms with Crippen molar-refractivity contribution in [2.24, 2.45) is 4.99 Å². The van der Waals surface area contributed by atoms with Gasteiger partial charge < -0.3 is 30.7 Å². The standard InChI is InChI=1S/C38H33ClF3N9O6S/c1-21-44-29(19-58-21)23-4-3-5-27(18-23)45-32(54)31(53)43-17-14-28(33(55)56-2)47-30(52)22-6-12-26(13-7-22)46-34-48-35(50-36(49-34)57-20-38(40,41)42)51-37(15-16-37)24-8-10-25(39)11-9-24/h3-13,18-19H,14-17,20H2,1-2H3,(H,43,53)(H,45,54)(H2,46,48,49,50,51)/b47-28-. The number of aryl methyl sites for hydroxylation is 1. The van der Waals surface area contributed by atoms with E-state index in [-0.39, 0.29) is 36.1 Å². The van der Waals surface area contributed by atoms with Crippen LogP contribution in [0.25, 0.3) is 11.3 Å². The summed E-state index contributed by atoms with van der Waals surface area (Å²) >= 11 is 7.51. The van der Waals surface area contributed by atoms with Crippen LogP contribution in [0.2, 0.25) is 5.02 Å². The van der Waals surface area contributed by atoms with Crippen LogP contribution in [0.1, 0.15) is 40.2 Å². The first-order valence-corrected chi connectivity index (χ1v) is 18.6. The van der Waals surface area contributed by atoms with Crippen molar-refractivity contribution in [1.29, 1.82) is 0 Å². The normalized spacial score (nSPS) is 13.2. The highest BCUT2D eigenvalue weighted by molar-refractivity contribution is 7.09. The van der Waals surface area contributed by atoms with Crippen LogP contribution in [-0.4, -0.2) is 75.8 Å². The van der Waals surface area contributed by atoms with Gasteiger partial charge in [0.2, 0.25) is 11.9 Å². The Kier molecular flexibility index (Phi) is 12.6. The van der Waals surface area contributed by atoms with Gasteiger partial charge in [-0.25, -0.2) is 14.8 Å². The summed E-state index contributed by atoms with van der Waals surface area (Å²) in [6, 6.07) is 19.0. The number of nitrogens with zero attached hydrogens (tertiary/aromatic N) is 5. The number of ether oxygens (including phenoxy) is 2. The Labute approximate surface area is 337 Å². The van der Waals surface area contributed by atoms with Crippen molar-refractivity contribution in [3.05, 3.63) is 99.3 Å². The van der Waals surface area contributed by atoms with E-state index in [1.165, 1.54) is 35.6 Å². The van der Waals surface area contributed by atoms with Gasteiger partial charge in [0.25, 0.3) is 5.91 Å². The number of carbonyl (C=O) groups excluding carboxylic acids is 4. The maximum absolute atomic E-state index is 13.1. The van der Waals surface area contributed by atoms with Crippen molar-refractivity contribution in [3.8, 4) is 17.3 Å². The predicted molar refractivity (Wildman–Crippen MR) is 209 cm³/mol. The summed E-state index contributed by atoms with van der Waals surface area (Å²) in [5.41, 5.74) is 2.25. The molecular weight excluding hydrogens is 803 g/mol. The van der Waals surface area contributed by atoms with Crippen LogP contribution in [-0.2, 0) is 24.7 Å². The molecule has 0 bridgehead atoms. The number of aromatic nitrogens is 4. The van der Waals surface area contributed by atoms with E-state index in [1.807, 2.05) is 30.5 Å². The lowest BCUT2D eigenvalue weighted by molar-refractivity contribution is -0.154. The van der Waals surface area contributed by atoms with Crippen molar-refractivity contribution >= 4 is 75.6 Å². The number of alkyl halides is 3. The van der Waals surface area contributed by atoms with Crippen LogP contribution in [0.5, 0.6) is 6.01 Å². The lowest BCUT2D eigenvalue weighted by atomic mass is 10.1. The summed E-state index contributed by atoms with van der Waals surface area (Å²) in [6.07, 6.45) is -3.49. The Bertz CT molecular complexity index is 2350. The predicted octanol–water partition coefficient (Wildman–Crippen LogP) is 6.64. The molecule has 0 unspecified atom stereocenters. The number of hydrogen-bond acceptors (Lipinski definition) is 13. The fourth-order valence-corrected chi connectivity index (χ4v) is 6.17. The smallest absolute Gasteiger partial charge is 0.422 e. The molecule has 3 aromatic carbocycles. The zero-order valence-corrected chi connectivity index (χ0v) is 32.2. The SMILES string of the molecule is COC(=O)/C(CCNC(=O)C(=O)Nc1cccc(-c2csc(C)n2)c1)=N\C(=O)c1ccc(Nc2nc(NC3(c4ccc(Cl)cc4)CC3)nc(OCC(F)(F)F)n2)cc1. The molecule has 0 saturated heterocycles. The molecule has 6 rings (SSSR count). The summed E-state index contributed by atoms with van der Waals surface area (Å²) in [7, 11) is 1.10. The summed E-state index contributed by atoms with van der Waals surface area (Å²) in [5.74, 6) is -3.87. The van der Waals surface area contributed by atoms with Crippen LogP contribution < -0.4 is 26.0 Å². The molecule has 1 fully saturated rings. The topological polar surface area (TPSA) is 199 Å². The zero-order valence-electron chi connectivity index (χ0n) is 30.6. The molecule has 58 heavy (non-hydrogen) atoms. The number of thiazole rings is 1. The highest BCUT2D eigenvalue weighted by Crippen LogP contribution is 2.48. The number of anilines is 4. The van der Waals surface area contributed by atoms with Crippen molar-refractivity contribution in [2.45, 2.75) is 37.9 Å². The Hall–Kier alpha value is -6.47. The molecule has 300 valence electrons. The molecule has 15 nitrogen and oxygen atoms in total. The van der Waals surface area contributed by atoms with Crippen molar-refractivity contribution in [2.75, 3.05) is 36.2 Å². The Morgan fingerprint density at radius 2 is 1.64 bits per heavy atom. The Morgan fingerprint density at radius 3 is 2.29 bits per heavy atom. The molecule has 0 radical (unpaired) electrons. The maximum atomic E-state index is 13.1. The summed E-state index contributed by atoms with van der Waals surface area (Å²) in [6.45, 7) is 0.0137. The fraction of sp³-hybridized carbons (Fsp3) is 0.237. The van der Waals surface area contributed by atoms with Gasteiger partial charge in [0.05, 0.1) is 23.4 Å². The van der Waals surface area contributed by atoms with Gasteiger partial charge in [0.15, 0.2) is 6.61 Å². The van der Waals surface area contributed by atoms with E-state index in [2.05, 4.69) is 46.2 Å². The van der Waals surface area contributed by atoms with Gasteiger partial charge in [-0.3, -0.25) is 14.4 Å². The first-order valence-electron chi connectivity index (χ1n) is 17.4. The maximum Gasteiger partial charge on any atom is 0.422 e. The van der Waals surface area contributed by atoms with E-state index in [1.54, 1.807) is 30.3 Å². The third-order valence-corrected chi connectivity index (χ3v) is 9.44. The zero-order chi connectivity index (χ0) is 41.5. The van der Waals surface area contributed by atoms with Crippen LogP contribution >= 0.6 is 22.9 Å². The molecule has 2 aromatic heterocycles. The second-order valence-electron chi connectivity index (χ2n) is 12.7. The van der Waals surface area contributed by atoms with Crippen molar-refractivity contribution in [3.63, 3.8) is 0 Å². The highest BCUT2D eigenvalue weighted by atomic mass is 35.5. The quantitative estimate of drug-likeness (QED) is 0.0529. The molecule has 0 aliphatic heterocycles. The van der Waals surface area contributed by atoms with E-state index >= 15 is 0 Å². The average Bonchev–Trinajstić information content (AvgIpc) is 3.84. The van der Waals surface area contributed by atoms with Crippen LogP contribution in [0, 0.1) is 6.92 Å². The molecule has 4 N–H and O–H groups in total. The molecule has 1 saturated carbocycles. The minimum atomic E-state index is -4.65. The number of aliphatic imine (C=N–C) groups is 1. The van der Waals surface area contributed by atoms with Gasteiger partial charge >= 0.3 is 30.0 Å². The van der Waals surface area contributed by atoms with Gasteiger partial charge in [0.1, 0.15) is 5.71 Å². The summed E-state index contributed by atoms with van der Waals surface area (Å²) in [5, 5.41) is 14.3. The number of halogens is 4. The fourth-order valence-electron chi connectivity index (χ4n) is 5.42. The van der Waals surface area contributed by atoms with E-state index in [0.717, 1.165) is 28.9 Å². The number of nitrogens with one attached hydrogen (secondary N) is 4. The number of rotatable bonds is 14. The van der Waals surface area contributed by atoms with Gasteiger partial charge in [0, 0.05) is 45.9 Å². The molecule has 5 aromatic rings. The van der Waals surface area contributed by atoms with Gasteiger partial charge in [-0.2, -0.15) is 28.1 Å². The average molecular weight is 836 g/mol. The second kappa shape index (κ2) is 17.8. The van der Waals surface area contributed by atoms with Crippen LogP contribution in [0.4, 0.5) is 36.4 Å². The third-order valence-electron chi connectivity index (χ3n) is 8.41. The number of amides is 3. The van der Waals surface area contributed by atoms with Gasteiger partial charge in [-0.1, -0.05) is 35.9 Å². The van der Waals surface area contributed by atoms with Crippen molar-refractivity contribution in [1.82, 2.24) is 25.3 Å². The van der Waals surface area contributed by atoms with E-state index < -0.39 is 48.0 Å². The van der Waals surface area contributed by atoms with Crippen LogP contribution in [0.3, 0.4) is 0 Å². The second-order valence-corrected chi connectivity index (χ2v) is 14.2. The lowest BCUT2D eigenvalue weighted by Gasteiger charge is -2.19. The molecule has 20 heteroatoms. The monoisotopic (exact) mass is 835 g/mol. The molecule has 1 aliphatic rings. The summed E-state index contributed by atoms with van der Waals surface area (Å²) < 4.78 is 48.5. The lowest BCUT2D eigenvalue weighted by Crippen LogP contribution is -2.37. The molecule has 0 atom stereocenters. The molecular formula is C38H33ClF3N9O6S. The minimum Gasteiger partial charge on any atom is -0.465 e. The number of methoxy groups -OCH3 is 1. The number of carbonyl (C=O) groups is 4. The third kappa shape index (κ3) is 11.1. The van der Waals surface area contributed by atoms with Gasteiger partial charge in [-0.05, 0) is 73.9 Å². The Morgan fingerprint density at radius 1 is 0.914 bits per heavy atom. The number of hydrogen-bond donors (Lipinski definition) is 4. The first-order chi connectivity index (χ1) is 27.7. The molecule has 0 spiro atoms. The van der Waals surface area contributed by atoms with E-state index in [9.17, 15) is 32.3 Å². The number of esters is 1. The molecule has 2 heterocycles. The number of benzene rings is 3. The first kappa shape index (κ1) is 41.2. The minimum absolute atomic E-state index is 0.0390. The highest BCUT2D eigenvalue weighted by Gasteiger charge is 2.45. The molecule has 1 aliphatic carbocycles. The summed E-state index contributed by atoms with van der Waals surface area (Å²) in [4.78, 5) is 71.3. The van der Waals surface area contributed by atoms with E-state index in [0.29, 0.717) is 29.2 Å². The molecule has 3 amide bonds.